The lowest BCUT2D eigenvalue weighted by atomic mass is 10.1. The summed E-state index contributed by atoms with van der Waals surface area (Å²) in [7, 11) is 0. The molecule has 1 aliphatic heterocycles. The van der Waals surface area contributed by atoms with E-state index in [1.807, 2.05) is 36.4 Å². The van der Waals surface area contributed by atoms with Gasteiger partial charge in [0.2, 0.25) is 0 Å². The maximum absolute atomic E-state index is 5.89. The Morgan fingerprint density at radius 1 is 0.963 bits per heavy atom. The third-order valence-corrected chi connectivity index (χ3v) is 4.94. The molecule has 0 saturated carbocycles. The predicted octanol–water partition coefficient (Wildman–Crippen LogP) is 5.02. The van der Waals surface area contributed by atoms with Crippen LogP contribution in [0.2, 0.25) is 0 Å². The van der Waals surface area contributed by atoms with Crippen LogP contribution in [-0.2, 0) is 0 Å². The second-order valence-corrected chi connectivity index (χ2v) is 6.81. The molecule has 1 fully saturated rings. The van der Waals surface area contributed by atoms with Gasteiger partial charge in [-0.2, -0.15) is 5.10 Å². The van der Waals surface area contributed by atoms with Crippen molar-refractivity contribution in [2.75, 3.05) is 26.2 Å². The summed E-state index contributed by atoms with van der Waals surface area (Å²) in [6.45, 7) is 4.21. The van der Waals surface area contributed by atoms with Crippen molar-refractivity contribution in [1.29, 1.82) is 0 Å². The number of hydrogen-bond donors (Lipinski definition) is 1. The molecule has 0 radical (unpaired) electrons. The number of nitrogens with one attached hydrogen (secondary N) is 1. The number of aromatic nitrogens is 2. The summed E-state index contributed by atoms with van der Waals surface area (Å²) < 4.78 is 5.89. The lowest BCUT2D eigenvalue weighted by Gasteiger charge is -2.26. The van der Waals surface area contributed by atoms with Crippen molar-refractivity contribution in [3.63, 3.8) is 0 Å². The van der Waals surface area contributed by atoms with E-state index in [0.29, 0.717) is 0 Å². The van der Waals surface area contributed by atoms with Crippen molar-refractivity contribution in [2.24, 2.45) is 0 Å². The van der Waals surface area contributed by atoms with Gasteiger partial charge in [-0.05, 0) is 55.8 Å². The van der Waals surface area contributed by atoms with Gasteiger partial charge in [0.1, 0.15) is 12.4 Å². The van der Waals surface area contributed by atoms with Gasteiger partial charge in [0, 0.05) is 11.9 Å². The maximum Gasteiger partial charge on any atom is 0.119 e. The van der Waals surface area contributed by atoms with Crippen molar-refractivity contribution in [1.82, 2.24) is 15.1 Å². The first kappa shape index (κ1) is 19.5. The monoisotopic (exact) mass is 383 g/mol. The van der Waals surface area contributed by atoms with Crippen LogP contribution in [0.3, 0.4) is 0 Å². The fraction of sp³-hybridized carbons (Fsp3) is 0.318. The molecular weight excluding hydrogens is 358 g/mol. The molecule has 2 aromatic carbocycles. The van der Waals surface area contributed by atoms with Gasteiger partial charge in [-0.1, -0.05) is 42.8 Å². The Balaban J connectivity index is 0.00000210. The summed E-state index contributed by atoms with van der Waals surface area (Å²) in [5, 5.41) is 8.57. The average Bonchev–Trinajstić information content (AvgIpc) is 3.11. The second kappa shape index (κ2) is 9.58. The van der Waals surface area contributed by atoms with Gasteiger partial charge in [-0.3, -0.25) is 10.00 Å². The molecule has 27 heavy (non-hydrogen) atoms. The summed E-state index contributed by atoms with van der Waals surface area (Å²) in [5.74, 6) is 0.935. The van der Waals surface area contributed by atoms with Gasteiger partial charge in [0.15, 0.2) is 0 Å². The quantitative estimate of drug-likeness (QED) is 0.649. The van der Waals surface area contributed by atoms with E-state index in [1.165, 1.54) is 32.4 Å². The highest BCUT2D eigenvalue weighted by Crippen LogP contribution is 2.19. The molecule has 4 rings (SSSR count). The number of hydrogen-bond acceptors (Lipinski definition) is 3. The molecule has 0 unspecified atom stereocenters. The highest BCUT2D eigenvalue weighted by Gasteiger charge is 2.09. The highest BCUT2D eigenvalue weighted by molar-refractivity contribution is 5.89. The molecule has 1 aromatic heterocycles. The number of ether oxygens (including phenoxy) is 1. The smallest absolute Gasteiger partial charge is 0.119 e. The standard InChI is InChI=1S/C22H25N3O.ClH/c1-4-14-25(15-5-1)16-17-26-19-11-8-18(9-12-19)10-13-22-20-6-2-3-7-21(20)23-24-22;/h2-3,6-13H,1,4-5,14-17H2,(H,23,24);1H/b13-10+;. The summed E-state index contributed by atoms with van der Waals surface area (Å²) >= 11 is 0. The number of benzene rings is 2. The number of nitrogens with zero attached hydrogens (tertiary/aromatic N) is 2. The molecule has 0 aliphatic carbocycles. The Morgan fingerprint density at radius 2 is 1.74 bits per heavy atom. The van der Waals surface area contributed by atoms with E-state index in [1.54, 1.807) is 0 Å². The molecule has 142 valence electrons. The minimum Gasteiger partial charge on any atom is -0.492 e. The molecule has 0 spiro atoms. The summed E-state index contributed by atoms with van der Waals surface area (Å²) in [6, 6.07) is 16.4. The summed E-state index contributed by atoms with van der Waals surface area (Å²) in [5.41, 5.74) is 3.16. The van der Waals surface area contributed by atoms with E-state index in [0.717, 1.165) is 41.1 Å². The molecular formula is C22H26ClN3O. The Morgan fingerprint density at radius 3 is 2.56 bits per heavy atom. The first-order chi connectivity index (χ1) is 12.9. The number of para-hydroxylation sites is 1. The minimum absolute atomic E-state index is 0. The fourth-order valence-electron chi connectivity index (χ4n) is 3.44. The van der Waals surface area contributed by atoms with E-state index >= 15 is 0 Å². The largest absolute Gasteiger partial charge is 0.492 e. The predicted molar refractivity (Wildman–Crippen MR) is 114 cm³/mol. The molecule has 3 aromatic rings. The average molecular weight is 384 g/mol. The van der Waals surface area contributed by atoms with E-state index in [4.69, 9.17) is 4.74 Å². The lowest BCUT2D eigenvalue weighted by Crippen LogP contribution is -2.33. The van der Waals surface area contributed by atoms with Crippen LogP contribution < -0.4 is 4.74 Å². The van der Waals surface area contributed by atoms with Gasteiger partial charge in [-0.15, -0.1) is 12.4 Å². The Labute approximate surface area is 166 Å². The first-order valence-corrected chi connectivity index (χ1v) is 9.45. The first-order valence-electron chi connectivity index (χ1n) is 9.45. The molecule has 1 saturated heterocycles. The van der Waals surface area contributed by atoms with Crippen LogP contribution >= 0.6 is 12.4 Å². The highest BCUT2D eigenvalue weighted by atomic mass is 35.5. The van der Waals surface area contributed by atoms with Gasteiger partial charge >= 0.3 is 0 Å². The molecule has 5 heteroatoms. The molecule has 4 nitrogen and oxygen atoms in total. The van der Waals surface area contributed by atoms with E-state index in [9.17, 15) is 0 Å². The number of piperidine rings is 1. The molecule has 0 amide bonds. The number of halogens is 1. The van der Waals surface area contributed by atoms with Crippen molar-refractivity contribution >= 4 is 35.5 Å². The van der Waals surface area contributed by atoms with Crippen molar-refractivity contribution in [3.05, 3.63) is 59.8 Å². The number of rotatable bonds is 6. The van der Waals surface area contributed by atoms with Crippen LogP contribution in [0, 0.1) is 0 Å². The maximum atomic E-state index is 5.89. The third-order valence-electron chi connectivity index (χ3n) is 4.94. The molecule has 1 aliphatic rings. The third kappa shape index (κ3) is 5.12. The number of H-pyrrole nitrogens is 1. The van der Waals surface area contributed by atoms with Crippen molar-refractivity contribution in [3.8, 4) is 5.75 Å². The van der Waals surface area contributed by atoms with Crippen LogP contribution in [0.1, 0.15) is 30.5 Å². The van der Waals surface area contributed by atoms with Gasteiger partial charge in [-0.25, -0.2) is 0 Å². The number of fused-ring (bicyclic) bond motifs is 1. The van der Waals surface area contributed by atoms with Crippen LogP contribution in [0.25, 0.3) is 23.1 Å². The lowest BCUT2D eigenvalue weighted by molar-refractivity contribution is 0.183. The van der Waals surface area contributed by atoms with Crippen LogP contribution in [0.5, 0.6) is 5.75 Å². The SMILES string of the molecule is C(=C\c1n[nH]c2ccccc12)/c1ccc(OCCN2CCCCC2)cc1.Cl. The Kier molecular flexibility index (Phi) is 6.91. The van der Waals surface area contributed by atoms with E-state index < -0.39 is 0 Å². The van der Waals surface area contributed by atoms with E-state index in [-0.39, 0.29) is 12.4 Å². The van der Waals surface area contributed by atoms with Crippen molar-refractivity contribution < 1.29 is 4.74 Å². The topological polar surface area (TPSA) is 41.1 Å². The molecule has 0 atom stereocenters. The van der Waals surface area contributed by atoms with Crippen molar-refractivity contribution in [2.45, 2.75) is 19.3 Å². The Hall–Kier alpha value is -2.30. The van der Waals surface area contributed by atoms with Crippen LogP contribution in [0.15, 0.2) is 48.5 Å². The normalized spacial score (nSPS) is 15.1. The molecule has 1 N–H and O–H groups in total. The number of aromatic amines is 1. The van der Waals surface area contributed by atoms with Crippen LogP contribution in [0.4, 0.5) is 0 Å². The van der Waals surface area contributed by atoms with Gasteiger partial charge in [0.05, 0.1) is 11.2 Å². The Bertz CT molecular complexity index is 867. The summed E-state index contributed by atoms with van der Waals surface area (Å²) in [6.07, 6.45) is 8.16. The minimum atomic E-state index is 0. The van der Waals surface area contributed by atoms with Gasteiger partial charge < -0.3 is 4.74 Å². The second-order valence-electron chi connectivity index (χ2n) is 6.81. The number of likely N-dealkylation sites (tertiary alicyclic amines) is 1. The molecule has 2 heterocycles. The zero-order valence-electron chi connectivity index (χ0n) is 15.4. The van der Waals surface area contributed by atoms with Crippen LogP contribution in [-0.4, -0.2) is 41.3 Å². The fourth-order valence-corrected chi connectivity index (χ4v) is 3.44. The van der Waals surface area contributed by atoms with Gasteiger partial charge in [0.25, 0.3) is 0 Å². The molecule has 0 bridgehead atoms. The van der Waals surface area contributed by atoms with E-state index in [2.05, 4.69) is 39.4 Å². The zero-order valence-corrected chi connectivity index (χ0v) is 16.3. The summed E-state index contributed by atoms with van der Waals surface area (Å²) in [4.78, 5) is 2.49. The zero-order chi connectivity index (χ0) is 17.6.